The third-order valence-electron chi connectivity index (χ3n) is 3.70. The monoisotopic (exact) mass is 364 g/mol. The number of carbonyl (C=O) groups excluding carboxylic acids is 1. The topological polar surface area (TPSA) is 69.7 Å². The lowest BCUT2D eigenvalue weighted by molar-refractivity contribution is -0.118. The number of hydrogen-bond acceptors (Lipinski definition) is 5. The minimum atomic E-state index is -0.239. The molecule has 0 aliphatic carbocycles. The van der Waals surface area contributed by atoms with Gasteiger partial charge in [0, 0.05) is 23.6 Å². The van der Waals surface area contributed by atoms with Crippen LogP contribution in [0.15, 0.2) is 73.1 Å². The Morgan fingerprint density at radius 3 is 2.22 bits per heavy atom. The van der Waals surface area contributed by atoms with Crippen LogP contribution in [0, 0.1) is 0 Å². The molecule has 27 heavy (non-hydrogen) atoms. The quantitative estimate of drug-likeness (QED) is 0.660. The predicted molar refractivity (Wildman–Crippen MR) is 102 cm³/mol. The van der Waals surface area contributed by atoms with Gasteiger partial charge in [0.05, 0.1) is 7.11 Å². The molecule has 3 aromatic rings. The molecule has 1 heterocycles. The zero-order valence-electron chi connectivity index (χ0n) is 14.9. The fourth-order valence-electron chi connectivity index (χ4n) is 2.30. The molecule has 3 rings (SSSR count). The number of ether oxygens (including phenoxy) is 3. The number of carbonyl (C=O) groups is 1. The molecule has 0 aliphatic heterocycles. The molecule has 0 atom stereocenters. The predicted octanol–water partition coefficient (Wildman–Crippen LogP) is 3.69. The number of hydrogen-bond donors (Lipinski definition) is 1. The Labute approximate surface area is 157 Å². The highest BCUT2D eigenvalue weighted by Gasteiger charge is 2.05. The fourth-order valence-corrected chi connectivity index (χ4v) is 2.30. The molecule has 0 radical (unpaired) electrons. The first-order valence-electron chi connectivity index (χ1n) is 8.41. The molecule has 0 aliphatic rings. The Kier molecular flexibility index (Phi) is 6.25. The average molecular weight is 364 g/mol. The van der Waals surface area contributed by atoms with E-state index in [1.165, 1.54) is 0 Å². The van der Waals surface area contributed by atoms with Gasteiger partial charge in [0.15, 0.2) is 6.61 Å². The van der Waals surface area contributed by atoms with Crippen molar-refractivity contribution in [2.24, 2.45) is 0 Å². The van der Waals surface area contributed by atoms with E-state index in [9.17, 15) is 4.79 Å². The first-order valence-corrected chi connectivity index (χ1v) is 8.41. The van der Waals surface area contributed by atoms with Crippen molar-refractivity contribution in [2.75, 3.05) is 19.0 Å². The van der Waals surface area contributed by atoms with Gasteiger partial charge in [0.1, 0.15) is 23.9 Å². The number of benzene rings is 2. The Balaban J connectivity index is 1.44. The fraction of sp³-hybridized carbons (Fsp3) is 0.143. The van der Waals surface area contributed by atoms with Crippen LogP contribution < -0.4 is 19.5 Å². The zero-order valence-corrected chi connectivity index (χ0v) is 14.9. The number of pyridine rings is 1. The van der Waals surface area contributed by atoms with Gasteiger partial charge in [-0.05, 0) is 54.6 Å². The van der Waals surface area contributed by atoms with Gasteiger partial charge in [-0.2, -0.15) is 0 Å². The van der Waals surface area contributed by atoms with Crippen LogP contribution in [0.2, 0.25) is 0 Å². The maximum atomic E-state index is 12.0. The molecule has 0 spiro atoms. The Morgan fingerprint density at radius 1 is 0.926 bits per heavy atom. The van der Waals surface area contributed by atoms with Crippen molar-refractivity contribution >= 4 is 11.6 Å². The summed E-state index contributed by atoms with van der Waals surface area (Å²) < 4.78 is 16.3. The van der Waals surface area contributed by atoms with E-state index in [0.717, 1.165) is 11.3 Å². The van der Waals surface area contributed by atoms with Crippen LogP contribution >= 0.6 is 0 Å². The maximum absolute atomic E-state index is 12.0. The van der Waals surface area contributed by atoms with E-state index in [4.69, 9.17) is 14.2 Å². The minimum absolute atomic E-state index is 0.0814. The van der Waals surface area contributed by atoms with Crippen LogP contribution in [0.4, 0.5) is 5.69 Å². The molecule has 6 nitrogen and oxygen atoms in total. The molecule has 1 N–H and O–H groups in total. The summed E-state index contributed by atoms with van der Waals surface area (Å²) in [4.78, 5) is 16.0. The second-order valence-corrected chi connectivity index (χ2v) is 5.69. The van der Waals surface area contributed by atoms with Gasteiger partial charge < -0.3 is 19.5 Å². The normalized spacial score (nSPS) is 10.1. The van der Waals surface area contributed by atoms with E-state index in [1.807, 2.05) is 12.1 Å². The summed E-state index contributed by atoms with van der Waals surface area (Å²) >= 11 is 0. The van der Waals surface area contributed by atoms with E-state index in [0.29, 0.717) is 23.8 Å². The number of rotatable bonds is 8. The largest absolute Gasteiger partial charge is 0.497 e. The second-order valence-electron chi connectivity index (χ2n) is 5.69. The summed E-state index contributed by atoms with van der Waals surface area (Å²) in [5.74, 6) is 1.80. The molecule has 0 fully saturated rings. The first-order chi connectivity index (χ1) is 13.2. The molecule has 1 aromatic heterocycles. The van der Waals surface area contributed by atoms with Crippen molar-refractivity contribution in [1.82, 2.24) is 4.98 Å². The van der Waals surface area contributed by atoms with Crippen LogP contribution in [0.25, 0.3) is 0 Å². The zero-order chi connectivity index (χ0) is 18.9. The van der Waals surface area contributed by atoms with Gasteiger partial charge in [-0.3, -0.25) is 9.78 Å². The number of amides is 1. The molecular formula is C21H20N2O4. The Hall–Kier alpha value is -3.54. The molecule has 1 amide bonds. The smallest absolute Gasteiger partial charge is 0.262 e. The van der Waals surface area contributed by atoms with Gasteiger partial charge in [0.25, 0.3) is 5.91 Å². The third kappa shape index (κ3) is 5.74. The highest BCUT2D eigenvalue weighted by Crippen LogP contribution is 2.19. The lowest BCUT2D eigenvalue weighted by Gasteiger charge is -2.09. The summed E-state index contributed by atoms with van der Waals surface area (Å²) in [6.07, 6.45) is 3.49. The summed E-state index contributed by atoms with van der Waals surface area (Å²) in [6.45, 7) is 0.361. The third-order valence-corrected chi connectivity index (χ3v) is 3.70. The first kappa shape index (κ1) is 18.3. The van der Waals surface area contributed by atoms with E-state index < -0.39 is 0 Å². The number of aromatic nitrogens is 1. The highest BCUT2D eigenvalue weighted by molar-refractivity contribution is 5.91. The van der Waals surface area contributed by atoms with Gasteiger partial charge >= 0.3 is 0 Å². The maximum Gasteiger partial charge on any atom is 0.262 e. The lowest BCUT2D eigenvalue weighted by atomic mass is 10.3. The molecule has 0 saturated carbocycles. The van der Waals surface area contributed by atoms with Gasteiger partial charge in [-0.1, -0.05) is 6.07 Å². The van der Waals surface area contributed by atoms with Crippen molar-refractivity contribution in [1.29, 1.82) is 0 Å². The van der Waals surface area contributed by atoms with Crippen LogP contribution in [0.1, 0.15) is 5.56 Å². The SMILES string of the molecule is COc1ccc(NC(=O)COc2ccc(OCc3cccnc3)cc2)cc1. The van der Waals surface area contributed by atoms with Crippen molar-refractivity contribution in [3.63, 3.8) is 0 Å². The minimum Gasteiger partial charge on any atom is -0.497 e. The summed E-state index contributed by atoms with van der Waals surface area (Å²) in [5.41, 5.74) is 1.68. The lowest BCUT2D eigenvalue weighted by Crippen LogP contribution is -2.20. The Morgan fingerprint density at radius 2 is 1.59 bits per heavy atom. The van der Waals surface area contributed by atoms with Crippen LogP contribution in [-0.2, 0) is 11.4 Å². The number of anilines is 1. The molecule has 138 valence electrons. The second kappa shape index (κ2) is 9.24. The van der Waals surface area contributed by atoms with Crippen molar-refractivity contribution in [2.45, 2.75) is 6.61 Å². The molecule has 0 saturated heterocycles. The van der Waals surface area contributed by atoms with Gasteiger partial charge in [-0.25, -0.2) is 0 Å². The van der Waals surface area contributed by atoms with E-state index >= 15 is 0 Å². The van der Waals surface area contributed by atoms with Crippen molar-refractivity contribution < 1.29 is 19.0 Å². The number of methoxy groups -OCH3 is 1. The van der Waals surface area contributed by atoms with Crippen LogP contribution in [0.3, 0.4) is 0 Å². The van der Waals surface area contributed by atoms with E-state index in [1.54, 1.807) is 68.0 Å². The molecule has 2 aromatic carbocycles. The molecule has 0 bridgehead atoms. The Bertz CT molecular complexity index is 850. The average Bonchev–Trinajstić information content (AvgIpc) is 2.73. The summed E-state index contributed by atoms with van der Waals surface area (Å²) in [5, 5.41) is 2.76. The van der Waals surface area contributed by atoms with Gasteiger partial charge in [-0.15, -0.1) is 0 Å². The molecule has 0 unspecified atom stereocenters. The van der Waals surface area contributed by atoms with Gasteiger partial charge in [0.2, 0.25) is 0 Å². The number of nitrogens with zero attached hydrogens (tertiary/aromatic N) is 1. The summed E-state index contributed by atoms with van der Waals surface area (Å²) in [6, 6.07) is 18.0. The standard InChI is InChI=1S/C21H20N2O4/c1-25-18-6-4-17(5-7-18)23-21(24)15-27-20-10-8-19(9-11-20)26-14-16-3-2-12-22-13-16/h2-13H,14-15H2,1H3,(H,23,24). The number of nitrogens with one attached hydrogen (secondary N) is 1. The van der Waals surface area contributed by atoms with Crippen molar-refractivity contribution in [3.8, 4) is 17.2 Å². The van der Waals surface area contributed by atoms with Crippen LogP contribution in [0.5, 0.6) is 17.2 Å². The molecular weight excluding hydrogens is 344 g/mol. The van der Waals surface area contributed by atoms with E-state index in [2.05, 4.69) is 10.3 Å². The van der Waals surface area contributed by atoms with Crippen molar-refractivity contribution in [3.05, 3.63) is 78.6 Å². The molecule has 6 heteroatoms. The summed E-state index contributed by atoms with van der Waals surface area (Å²) in [7, 11) is 1.59. The van der Waals surface area contributed by atoms with Crippen LogP contribution in [-0.4, -0.2) is 24.6 Å². The highest BCUT2D eigenvalue weighted by atomic mass is 16.5. The van der Waals surface area contributed by atoms with E-state index in [-0.39, 0.29) is 12.5 Å².